The Kier molecular flexibility index (Phi) is 4.60. The van der Waals surface area contributed by atoms with Crippen LogP contribution in [0.15, 0.2) is 42.0 Å². The second kappa shape index (κ2) is 6.83. The minimum absolute atomic E-state index is 0.107. The summed E-state index contributed by atoms with van der Waals surface area (Å²) < 4.78 is 21.8. The molecule has 3 rings (SSSR count). The lowest BCUT2D eigenvalue weighted by Gasteiger charge is -2.33. The number of benzene rings is 1. The number of rotatable bonds is 4. The predicted molar refractivity (Wildman–Crippen MR) is 79.1 cm³/mol. The van der Waals surface area contributed by atoms with Crippen LogP contribution in [0.2, 0.25) is 0 Å². The van der Waals surface area contributed by atoms with Gasteiger partial charge in [0.05, 0.1) is 13.2 Å². The fourth-order valence-electron chi connectivity index (χ4n) is 2.59. The number of hydrogen-bond acceptors (Lipinski definition) is 7. The molecule has 2 aliphatic rings. The maximum atomic E-state index is 12.1. The van der Waals surface area contributed by atoms with Gasteiger partial charge in [0.1, 0.15) is 18.2 Å². The van der Waals surface area contributed by atoms with Gasteiger partial charge >= 0.3 is 11.9 Å². The fraction of sp³-hybridized carbons (Fsp3) is 0.353. The number of carbonyl (C=O) groups is 2. The van der Waals surface area contributed by atoms with Crippen LogP contribution in [0.1, 0.15) is 12.0 Å². The van der Waals surface area contributed by atoms with E-state index in [9.17, 15) is 9.59 Å². The van der Waals surface area contributed by atoms with Crippen LogP contribution in [0.3, 0.4) is 0 Å². The average Bonchev–Trinajstić information content (AvgIpc) is 2.94. The zero-order chi connectivity index (χ0) is 17.0. The van der Waals surface area contributed by atoms with Gasteiger partial charge in [-0.25, -0.2) is 9.59 Å². The first-order valence-electron chi connectivity index (χ1n) is 7.44. The molecule has 0 bridgehead atoms. The number of nitriles is 1. The molecule has 1 fully saturated rings. The SMILES string of the molecule is N#C/C1=C/C(=O)OC2CCOC2(COCc2ccccc2)OC1=O. The Morgan fingerprint density at radius 3 is 2.83 bits per heavy atom. The highest BCUT2D eigenvalue weighted by molar-refractivity contribution is 6.00. The minimum atomic E-state index is -1.53. The zero-order valence-corrected chi connectivity index (χ0v) is 12.8. The van der Waals surface area contributed by atoms with Crippen LogP contribution < -0.4 is 0 Å². The molecular formula is C17H15NO6. The number of esters is 2. The summed E-state index contributed by atoms with van der Waals surface area (Å²) >= 11 is 0. The molecule has 124 valence electrons. The van der Waals surface area contributed by atoms with E-state index in [0.717, 1.165) is 11.6 Å². The Labute approximate surface area is 138 Å². The Bertz CT molecular complexity index is 708. The number of nitrogens with zero attached hydrogens (tertiary/aromatic N) is 1. The van der Waals surface area contributed by atoms with Crippen molar-refractivity contribution in [2.24, 2.45) is 0 Å². The van der Waals surface area contributed by atoms with E-state index in [1.165, 1.54) is 0 Å². The Balaban J connectivity index is 1.75. The van der Waals surface area contributed by atoms with Gasteiger partial charge in [0, 0.05) is 12.5 Å². The number of carbonyl (C=O) groups excluding carboxylic acids is 2. The summed E-state index contributed by atoms with van der Waals surface area (Å²) in [6, 6.07) is 11.1. The number of fused-ring (bicyclic) bond motifs is 1. The van der Waals surface area contributed by atoms with Gasteiger partial charge in [-0.05, 0) is 5.56 Å². The van der Waals surface area contributed by atoms with Gasteiger partial charge in [-0.2, -0.15) is 5.26 Å². The van der Waals surface area contributed by atoms with E-state index >= 15 is 0 Å². The van der Waals surface area contributed by atoms with Gasteiger partial charge in [0.2, 0.25) is 0 Å². The highest BCUT2D eigenvalue weighted by atomic mass is 16.8. The highest BCUT2D eigenvalue weighted by Gasteiger charge is 2.52. The summed E-state index contributed by atoms with van der Waals surface area (Å²) in [4.78, 5) is 23.8. The quantitative estimate of drug-likeness (QED) is 0.767. The highest BCUT2D eigenvalue weighted by Crippen LogP contribution is 2.33. The van der Waals surface area contributed by atoms with Gasteiger partial charge < -0.3 is 18.9 Å². The topological polar surface area (TPSA) is 94.9 Å². The molecule has 7 nitrogen and oxygen atoms in total. The lowest BCUT2D eigenvalue weighted by Crippen LogP contribution is -2.50. The maximum Gasteiger partial charge on any atom is 0.351 e. The minimum Gasteiger partial charge on any atom is -0.452 e. The van der Waals surface area contributed by atoms with Crippen LogP contribution in [0.25, 0.3) is 0 Å². The largest absolute Gasteiger partial charge is 0.452 e. The van der Waals surface area contributed by atoms with Gasteiger partial charge in [-0.3, -0.25) is 0 Å². The lowest BCUT2D eigenvalue weighted by molar-refractivity contribution is -0.261. The second-order valence-electron chi connectivity index (χ2n) is 5.41. The van der Waals surface area contributed by atoms with E-state index in [4.69, 9.17) is 24.2 Å². The van der Waals surface area contributed by atoms with E-state index in [-0.39, 0.29) is 19.8 Å². The van der Waals surface area contributed by atoms with Gasteiger partial charge in [0.15, 0.2) is 6.10 Å². The molecule has 0 N–H and O–H groups in total. The average molecular weight is 329 g/mol. The van der Waals surface area contributed by atoms with Crippen molar-refractivity contribution in [2.75, 3.05) is 13.2 Å². The molecule has 0 radical (unpaired) electrons. The lowest BCUT2D eigenvalue weighted by atomic mass is 10.1. The first kappa shape index (κ1) is 16.2. The van der Waals surface area contributed by atoms with Crippen molar-refractivity contribution in [2.45, 2.75) is 24.9 Å². The van der Waals surface area contributed by atoms with Crippen LogP contribution in [-0.4, -0.2) is 37.0 Å². The van der Waals surface area contributed by atoms with Crippen molar-refractivity contribution >= 4 is 11.9 Å². The van der Waals surface area contributed by atoms with Crippen molar-refractivity contribution in [3.63, 3.8) is 0 Å². The molecule has 0 amide bonds. The molecule has 0 spiro atoms. The molecule has 0 saturated carbocycles. The first-order valence-corrected chi connectivity index (χ1v) is 7.44. The van der Waals surface area contributed by atoms with Gasteiger partial charge in [-0.1, -0.05) is 30.3 Å². The number of ether oxygens (including phenoxy) is 4. The molecule has 2 heterocycles. The van der Waals surface area contributed by atoms with Crippen LogP contribution in [0.5, 0.6) is 0 Å². The summed E-state index contributed by atoms with van der Waals surface area (Å²) in [7, 11) is 0. The fourth-order valence-corrected chi connectivity index (χ4v) is 2.59. The normalized spacial score (nSPS) is 28.5. The third kappa shape index (κ3) is 3.30. The van der Waals surface area contributed by atoms with E-state index in [0.29, 0.717) is 6.42 Å². The van der Waals surface area contributed by atoms with E-state index in [1.807, 2.05) is 30.3 Å². The van der Waals surface area contributed by atoms with Crippen molar-refractivity contribution in [3.8, 4) is 6.07 Å². The second-order valence-corrected chi connectivity index (χ2v) is 5.41. The van der Waals surface area contributed by atoms with Crippen molar-refractivity contribution in [1.29, 1.82) is 5.26 Å². The van der Waals surface area contributed by atoms with E-state index in [2.05, 4.69) is 0 Å². The molecule has 24 heavy (non-hydrogen) atoms. The van der Waals surface area contributed by atoms with Crippen molar-refractivity contribution in [3.05, 3.63) is 47.5 Å². The maximum absolute atomic E-state index is 12.1. The zero-order valence-electron chi connectivity index (χ0n) is 12.8. The van der Waals surface area contributed by atoms with Crippen LogP contribution in [-0.2, 0) is 35.1 Å². The molecule has 1 aromatic carbocycles. The predicted octanol–water partition coefficient (Wildman–Crippen LogP) is 1.24. The Hall–Kier alpha value is -2.69. The molecule has 0 aliphatic carbocycles. The van der Waals surface area contributed by atoms with Crippen LogP contribution in [0, 0.1) is 11.3 Å². The monoisotopic (exact) mass is 329 g/mol. The molecule has 1 aromatic rings. The number of hydrogen-bond donors (Lipinski definition) is 0. The van der Waals surface area contributed by atoms with Crippen LogP contribution >= 0.6 is 0 Å². The third-order valence-corrected chi connectivity index (χ3v) is 3.76. The van der Waals surface area contributed by atoms with Gasteiger partial charge in [-0.15, -0.1) is 0 Å². The van der Waals surface area contributed by atoms with Crippen molar-refractivity contribution in [1.82, 2.24) is 0 Å². The standard InChI is InChI=1S/C17H15NO6/c18-9-13-8-15(19)23-14-6-7-22-17(14,24-16(13)20)11-21-10-12-4-2-1-3-5-12/h1-5,8,14H,6-7,10-11H2/b13-8-. The molecule has 2 aliphatic heterocycles. The molecule has 0 aromatic heterocycles. The molecule has 2 atom stereocenters. The Morgan fingerprint density at radius 2 is 2.08 bits per heavy atom. The van der Waals surface area contributed by atoms with E-state index < -0.39 is 29.4 Å². The summed E-state index contributed by atoms with van der Waals surface area (Å²) in [6.07, 6.45) is 0.431. The van der Waals surface area contributed by atoms with Crippen LogP contribution in [0.4, 0.5) is 0 Å². The third-order valence-electron chi connectivity index (χ3n) is 3.76. The first-order chi connectivity index (χ1) is 11.6. The summed E-state index contributed by atoms with van der Waals surface area (Å²) in [5.41, 5.74) is 0.506. The summed E-state index contributed by atoms with van der Waals surface area (Å²) in [6.45, 7) is 0.428. The molecule has 1 saturated heterocycles. The molecular weight excluding hydrogens is 314 g/mol. The van der Waals surface area contributed by atoms with E-state index in [1.54, 1.807) is 6.07 Å². The smallest absolute Gasteiger partial charge is 0.351 e. The summed E-state index contributed by atoms with van der Waals surface area (Å²) in [5, 5.41) is 8.95. The summed E-state index contributed by atoms with van der Waals surface area (Å²) in [5.74, 6) is -3.23. The van der Waals surface area contributed by atoms with Crippen molar-refractivity contribution < 1.29 is 28.5 Å². The molecule has 2 unspecified atom stereocenters. The van der Waals surface area contributed by atoms with Gasteiger partial charge in [0.25, 0.3) is 5.79 Å². The Morgan fingerprint density at radius 1 is 1.29 bits per heavy atom. The molecule has 7 heteroatoms.